The van der Waals surface area contributed by atoms with Crippen LogP contribution in [0.25, 0.3) is 21.7 Å². The van der Waals surface area contributed by atoms with Gasteiger partial charge >= 0.3 is 6.09 Å². The van der Waals surface area contributed by atoms with E-state index in [1.54, 1.807) is 20.8 Å². The summed E-state index contributed by atoms with van der Waals surface area (Å²) in [6.07, 6.45) is 5.69. The predicted octanol–water partition coefficient (Wildman–Crippen LogP) is 5.86. The van der Waals surface area contributed by atoms with Gasteiger partial charge in [-0.3, -0.25) is 19.1 Å². The van der Waals surface area contributed by atoms with Crippen molar-refractivity contribution in [1.82, 2.24) is 25.2 Å². The lowest BCUT2D eigenvalue weighted by Gasteiger charge is -2.33. The molecule has 55 heavy (non-hydrogen) atoms. The summed E-state index contributed by atoms with van der Waals surface area (Å²) in [6.45, 7) is 9.21. The number of carbonyl (C=O) groups is 4. The van der Waals surface area contributed by atoms with Gasteiger partial charge in [-0.25, -0.2) is 18.2 Å². The number of carbonyl (C=O) groups excluding carboxylic acids is 4. The number of amides is 4. The van der Waals surface area contributed by atoms with Crippen molar-refractivity contribution in [3.63, 3.8) is 0 Å². The minimum absolute atomic E-state index is 0. The molecule has 3 N–H and O–H groups in total. The van der Waals surface area contributed by atoms with Crippen LogP contribution in [0, 0.1) is 17.8 Å². The Morgan fingerprint density at radius 1 is 0.982 bits per heavy atom. The highest BCUT2D eigenvalue weighted by molar-refractivity contribution is 7.91. The Bertz CT molecular complexity index is 2160. The molecule has 0 unspecified atom stereocenters. The Balaban J connectivity index is 0.00000248. The fourth-order valence-electron chi connectivity index (χ4n) is 8.05. The average molecular weight is 780 g/mol. The maximum absolute atomic E-state index is 14.8. The number of para-hydroxylation sites is 1. The van der Waals surface area contributed by atoms with Crippen LogP contribution in [0.5, 0.6) is 5.88 Å². The molecule has 3 heterocycles. The van der Waals surface area contributed by atoms with Crippen molar-refractivity contribution in [2.75, 3.05) is 6.54 Å². The third-order valence-electron chi connectivity index (χ3n) is 11.1. The second-order valence-electron chi connectivity index (χ2n) is 16.9. The Labute approximate surface area is 326 Å². The molecule has 2 aliphatic heterocycles. The minimum Gasteiger partial charge on any atom is -0.472 e. The number of hydrogen-bond donors (Lipinski definition) is 3. The first-order valence-electron chi connectivity index (χ1n) is 19.3. The Kier molecular flexibility index (Phi) is 10.3. The molecular formula is C41H57N5O8S. The molecule has 0 radical (unpaired) electrons. The second kappa shape index (κ2) is 14.7. The number of alkyl carbamates (subject to hydrolysis) is 1. The van der Waals surface area contributed by atoms with Crippen molar-refractivity contribution in [1.29, 1.82) is 0 Å². The molecule has 300 valence electrons. The molecule has 7 atom stereocenters. The molecule has 4 amide bonds. The fourth-order valence-corrected chi connectivity index (χ4v) is 9.42. The summed E-state index contributed by atoms with van der Waals surface area (Å²) in [7, 11) is -3.90. The topological polar surface area (TPSA) is 173 Å². The maximum Gasteiger partial charge on any atom is 0.408 e. The van der Waals surface area contributed by atoms with Gasteiger partial charge in [0.25, 0.3) is 5.91 Å². The number of allylic oxidation sites excluding steroid dienone is 1. The monoisotopic (exact) mass is 779 g/mol. The van der Waals surface area contributed by atoms with E-state index < -0.39 is 74.3 Å². The van der Waals surface area contributed by atoms with E-state index in [1.165, 1.54) is 4.90 Å². The number of nitrogens with zero attached hydrogens (tertiary/aromatic N) is 2. The molecule has 2 saturated carbocycles. The van der Waals surface area contributed by atoms with E-state index in [0.717, 1.165) is 28.1 Å². The van der Waals surface area contributed by atoms with Crippen LogP contribution in [-0.2, 0) is 29.1 Å². The number of benzene rings is 2. The van der Waals surface area contributed by atoms with Crippen molar-refractivity contribution in [2.24, 2.45) is 17.8 Å². The zero-order chi connectivity index (χ0) is 39.3. The average Bonchev–Trinajstić information content (AvgIpc) is 4.05. The van der Waals surface area contributed by atoms with Crippen LogP contribution in [0.3, 0.4) is 0 Å². The van der Waals surface area contributed by atoms with E-state index in [1.807, 2.05) is 67.6 Å². The quantitative estimate of drug-likeness (QED) is 0.205. The summed E-state index contributed by atoms with van der Waals surface area (Å²) in [5.74, 6) is -2.13. The summed E-state index contributed by atoms with van der Waals surface area (Å²) in [6, 6.07) is 13.3. The first-order chi connectivity index (χ1) is 26.0. The lowest BCUT2D eigenvalue weighted by molar-refractivity contribution is -0.142. The third-order valence-corrected chi connectivity index (χ3v) is 13.0. The van der Waals surface area contributed by atoms with E-state index in [9.17, 15) is 27.6 Å². The first kappa shape index (κ1) is 38.6. The molecule has 0 spiro atoms. The number of pyridine rings is 1. The predicted molar refractivity (Wildman–Crippen MR) is 214 cm³/mol. The van der Waals surface area contributed by atoms with E-state index >= 15 is 0 Å². The molecule has 1 aromatic heterocycles. The number of fused-ring (bicyclic) bond motifs is 5. The van der Waals surface area contributed by atoms with Crippen molar-refractivity contribution in [3.05, 3.63) is 60.7 Å². The molecule has 3 fully saturated rings. The molecule has 13 nitrogen and oxygen atoms in total. The molecule has 2 aromatic carbocycles. The number of rotatable bonds is 6. The van der Waals surface area contributed by atoms with Gasteiger partial charge in [0.15, 0.2) is 0 Å². The Morgan fingerprint density at radius 3 is 2.38 bits per heavy atom. The van der Waals surface area contributed by atoms with E-state index in [2.05, 4.69) is 22.3 Å². The van der Waals surface area contributed by atoms with Gasteiger partial charge in [-0.2, -0.15) is 0 Å². The van der Waals surface area contributed by atoms with Crippen molar-refractivity contribution in [3.8, 4) is 5.88 Å². The van der Waals surface area contributed by atoms with Gasteiger partial charge in [0.1, 0.15) is 29.3 Å². The Morgan fingerprint density at radius 2 is 1.67 bits per heavy atom. The molecule has 2 aliphatic carbocycles. The zero-order valence-electron chi connectivity index (χ0n) is 32.0. The molecule has 14 heteroatoms. The summed E-state index contributed by atoms with van der Waals surface area (Å²) in [4.78, 5) is 62.7. The number of hydrogen-bond acceptors (Lipinski definition) is 9. The first-order valence-corrected chi connectivity index (χ1v) is 20.9. The normalized spacial score (nSPS) is 29.6. The summed E-state index contributed by atoms with van der Waals surface area (Å²) >= 11 is 0. The number of nitrogens with one attached hydrogen (secondary N) is 3. The molecule has 1 saturated heterocycles. The van der Waals surface area contributed by atoms with Crippen molar-refractivity contribution in [2.45, 2.75) is 114 Å². The standard InChI is InChI=1S/C41H51N5O8S.3H2/c1-24-12-6-7-13-26-22-41(26,38(49)45-55(51,52)28-18-19-28)44-35(47)33-21-27(23-46(33)37(48)34(25(2)20-24)43-39(50)54-40(3,4)5)53-36-31-16-9-8-14-29(31)30-15-10-11-17-32(30)42-36;;;/h7-11,13-17,24-28,33-34H,6,12,18-23H2,1-5H3,(H,43,50)(H,44,47)(H,45,49);3*1H/b13-7-;;;/t24-,25+,26+,27+,33-,34-,41+;;;/m0.../s1. The van der Waals surface area contributed by atoms with Crippen LogP contribution in [-0.4, -0.2) is 83.2 Å². The number of ether oxygens (including phenoxy) is 2. The molecular weight excluding hydrogens is 723 g/mol. The van der Waals surface area contributed by atoms with Gasteiger partial charge in [0.2, 0.25) is 27.7 Å². The lowest BCUT2D eigenvalue weighted by atomic mass is 9.88. The summed E-state index contributed by atoms with van der Waals surface area (Å²) in [5.41, 5.74) is -1.60. The van der Waals surface area contributed by atoms with Crippen LogP contribution >= 0.6 is 0 Å². The number of sulfonamides is 1. The van der Waals surface area contributed by atoms with Crippen LogP contribution in [0.2, 0.25) is 0 Å². The number of aromatic nitrogens is 1. The highest BCUT2D eigenvalue weighted by Gasteiger charge is 2.62. The molecule has 3 aromatic rings. The lowest BCUT2D eigenvalue weighted by Crippen LogP contribution is -2.59. The summed E-state index contributed by atoms with van der Waals surface area (Å²) in [5, 5.41) is 7.78. The van der Waals surface area contributed by atoms with Gasteiger partial charge in [-0.1, -0.05) is 62.4 Å². The molecule has 0 bridgehead atoms. The smallest absolute Gasteiger partial charge is 0.408 e. The van der Waals surface area contributed by atoms with Gasteiger partial charge < -0.3 is 25.0 Å². The van der Waals surface area contributed by atoms with Crippen LogP contribution in [0.4, 0.5) is 4.79 Å². The minimum atomic E-state index is -3.90. The molecule has 4 aliphatic rings. The van der Waals surface area contributed by atoms with Crippen molar-refractivity contribution >= 4 is 55.5 Å². The van der Waals surface area contributed by atoms with Crippen LogP contribution in [0.1, 0.15) is 83.8 Å². The highest BCUT2D eigenvalue weighted by Crippen LogP contribution is 2.46. The highest BCUT2D eigenvalue weighted by atomic mass is 32.2. The van der Waals surface area contributed by atoms with Crippen LogP contribution < -0.4 is 20.1 Å². The zero-order valence-corrected chi connectivity index (χ0v) is 32.9. The van der Waals surface area contributed by atoms with E-state index in [0.29, 0.717) is 31.6 Å². The largest absolute Gasteiger partial charge is 0.472 e. The maximum atomic E-state index is 14.8. The van der Waals surface area contributed by atoms with Crippen LogP contribution in [0.15, 0.2) is 60.7 Å². The third kappa shape index (κ3) is 8.29. The summed E-state index contributed by atoms with van der Waals surface area (Å²) < 4.78 is 40.2. The van der Waals surface area contributed by atoms with Gasteiger partial charge in [0, 0.05) is 27.4 Å². The second-order valence-corrected chi connectivity index (χ2v) is 18.8. The van der Waals surface area contributed by atoms with Crippen molar-refractivity contribution < 1.29 is 41.3 Å². The van der Waals surface area contributed by atoms with Gasteiger partial charge in [-0.05, 0) is 88.7 Å². The van der Waals surface area contributed by atoms with Gasteiger partial charge in [-0.15, -0.1) is 0 Å². The Hall–Kier alpha value is -4.72. The van der Waals surface area contributed by atoms with Gasteiger partial charge in [0.05, 0.1) is 17.3 Å². The SMILES string of the molecule is C[C@H]1CC/C=C\[C@@H]2C[C@@]2(C(=O)NS(=O)(=O)C2CC2)NC(=O)[C@@H]2C[C@@H](Oc3nc4ccccc4c4ccccc34)CN2C(=O)[C@@H](NC(=O)OC(C)(C)C)[C@H](C)C1.[HH].[HH].[HH]. The fraction of sp³-hybridized carbons (Fsp3) is 0.537. The molecule has 7 rings (SSSR count). The van der Waals surface area contributed by atoms with E-state index in [-0.39, 0.29) is 35.5 Å². The van der Waals surface area contributed by atoms with E-state index in [4.69, 9.17) is 14.5 Å².